The van der Waals surface area contributed by atoms with Crippen LogP contribution in [0.2, 0.25) is 0 Å². The predicted octanol–water partition coefficient (Wildman–Crippen LogP) is 3.16. The number of hydrogen-bond acceptors (Lipinski definition) is 2. The maximum atomic E-state index is 13.7. The van der Waals surface area contributed by atoms with Crippen molar-refractivity contribution in [2.24, 2.45) is 5.73 Å². The molecule has 3 nitrogen and oxygen atoms in total. The molecule has 0 unspecified atom stereocenters. The quantitative estimate of drug-likeness (QED) is 0.887. The molecular weight excluding hydrogens is 267 g/mol. The molecular formula is C17H19FN2O. The Morgan fingerprint density at radius 3 is 2.67 bits per heavy atom. The van der Waals surface area contributed by atoms with E-state index >= 15 is 0 Å². The van der Waals surface area contributed by atoms with Crippen LogP contribution in [0, 0.1) is 12.7 Å². The first-order valence-corrected chi connectivity index (χ1v) is 6.92. The summed E-state index contributed by atoms with van der Waals surface area (Å²) in [5.74, 6) is -0.655. The largest absolute Gasteiger partial charge is 0.326 e. The van der Waals surface area contributed by atoms with Crippen LogP contribution in [0.4, 0.5) is 10.1 Å². The van der Waals surface area contributed by atoms with Crippen LogP contribution in [0.5, 0.6) is 0 Å². The zero-order valence-corrected chi connectivity index (χ0v) is 12.0. The third-order valence-electron chi connectivity index (χ3n) is 3.27. The Kier molecular flexibility index (Phi) is 5.06. The molecule has 0 aliphatic rings. The summed E-state index contributed by atoms with van der Waals surface area (Å²) < 4.78 is 13.7. The standard InChI is InChI=1S/C17H19FN2O/c1-12-3-2-4-13(9-12)6-8-17(21)20-16-7-5-14(11-19)10-15(16)18/h2-5,7,9-10H,6,8,11,19H2,1H3,(H,20,21). The van der Waals surface area contributed by atoms with Crippen molar-refractivity contribution in [3.63, 3.8) is 0 Å². The highest BCUT2D eigenvalue weighted by atomic mass is 19.1. The number of anilines is 1. The number of benzene rings is 2. The second kappa shape index (κ2) is 6.99. The molecule has 0 saturated carbocycles. The number of amides is 1. The van der Waals surface area contributed by atoms with Gasteiger partial charge in [0.25, 0.3) is 0 Å². The van der Waals surface area contributed by atoms with Crippen molar-refractivity contribution >= 4 is 11.6 Å². The summed E-state index contributed by atoms with van der Waals surface area (Å²) in [6.45, 7) is 2.29. The number of rotatable bonds is 5. The topological polar surface area (TPSA) is 55.1 Å². The lowest BCUT2D eigenvalue weighted by atomic mass is 10.1. The number of carbonyl (C=O) groups is 1. The molecule has 0 heterocycles. The third-order valence-corrected chi connectivity index (χ3v) is 3.27. The van der Waals surface area contributed by atoms with Crippen molar-refractivity contribution in [2.75, 3.05) is 5.32 Å². The molecule has 0 radical (unpaired) electrons. The Balaban J connectivity index is 1.93. The summed E-state index contributed by atoms with van der Waals surface area (Å²) in [7, 11) is 0. The van der Waals surface area contributed by atoms with Crippen LogP contribution in [0.25, 0.3) is 0 Å². The maximum absolute atomic E-state index is 13.7. The van der Waals surface area contributed by atoms with Gasteiger partial charge < -0.3 is 11.1 Å². The van der Waals surface area contributed by atoms with Gasteiger partial charge in [-0.3, -0.25) is 4.79 Å². The van der Waals surface area contributed by atoms with Gasteiger partial charge in [0.05, 0.1) is 5.69 Å². The van der Waals surface area contributed by atoms with Gasteiger partial charge in [0.1, 0.15) is 5.82 Å². The zero-order chi connectivity index (χ0) is 15.2. The van der Waals surface area contributed by atoms with E-state index in [1.165, 1.54) is 6.07 Å². The highest BCUT2D eigenvalue weighted by molar-refractivity contribution is 5.91. The summed E-state index contributed by atoms with van der Waals surface area (Å²) >= 11 is 0. The summed E-state index contributed by atoms with van der Waals surface area (Å²) in [5.41, 5.74) is 8.60. The van der Waals surface area contributed by atoms with Gasteiger partial charge in [-0.05, 0) is 36.6 Å². The molecule has 2 rings (SSSR count). The summed E-state index contributed by atoms with van der Waals surface area (Å²) in [4.78, 5) is 11.9. The molecule has 0 spiro atoms. The van der Waals surface area contributed by atoms with E-state index in [4.69, 9.17) is 5.73 Å². The van der Waals surface area contributed by atoms with E-state index in [-0.39, 0.29) is 18.1 Å². The van der Waals surface area contributed by atoms with Crippen molar-refractivity contribution in [1.82, 2.24) is 0 Å². The zero-order valence-electron chi connectivity index (χ0n) is 12.0. The first-order chi connectivity index (χ1) is 10.1. The van der Waals surface area contributed by atoms with E-state index in [2.05, 4.69) is 5.32 Å². The van der Waals surface area contributed by atoms with Crippen LogP contribution in [-0.2, 0) is 17.8 Å². The Morgan fingerprint density at radius 1 is 1.19 bits per heavy atom. The van der Waals surface area contributed by atoms with Gasteiger partial charge in [-0.15, -0.1) is 0 Å². The minimum absolute atomic E-state index is 0.196. The Morgan fingerprint density at radius 2 is 2.00 bits per heavy atom. The molecule has 0 fully saturated rings. The SMILES string of the molecule is Cc1cccc(CCC(=O)Nc2ccc(CN)cc2F)c1. The minimum atomic E-state index is -0.457. The van der Waals surface area contributed by atoms with E-state index in [0.29, 0.717) is 18.4 Å². The highest BCUT2D eigenvalue weighted by Gasteiger charge is 2.08. The molecule has 0 bridgehead atoms. The van der Waals surface area contributed by atoms with Crippen molar-refractivity contribution in [2.45, 2.75) is 26.3 Å². The summed E-state index contributed by atoms with van der Waals surface area (Å²) in [6.07, 6.45) is 0.956. The fraction of sp³-hybridized carbons (Fsp3) is 0.235. The molecule has 0 aromatic heterocycles. The molecule has 1 amide bonds. The van der Waals surface area contributed by atoms with Gasteiger partial charge in [-0.2, -0.15) is 0 Å². The average molecular weight is 286 g/mol. The monoisotopic (exact) mass is 286 g/mol. The van der Waals surface area contributed by atoms with Gasteiger partial charge in [-0.1, -0.05) is 35.9 Å². The summed E-state index contributed by atoms with van der Waals surface area (Å²) in [5, 5.41) is 2.59. The molecule has 0 aliphatic carbocycles. The fourth-order valence-corrected chi connectivity index (χ4v) is 2.13. The van der Waals surface area contributed by atoms with E-state index in [1.54, 1.807) is 12.1 Å². The molecule has 2 aromatic carbocycles. The lowest BCUT2D eigenvalue weighted by molar-refractivity contribution is -0.116. The Hall–Kier alpha value is -2.20. The van der Waals surface area contributed by atoms with Crippen LogP contribution < -0.4 is 11.1 Å². The number of hydrogen-bond donors (Lipinski definition) is 2. The lowest BCUT2D eigenvalue weighted by Gasteiger charge is -2.08. The average Bonchev–Trinajstić information content (AvgIpc) is 2.47. The van der Waals surface area contributed by atoms with Crippen molar-refractivity contribution < 1.29 is 9.18 Å². The summed E-state index contributed by atoms with van der Waals surface area (Å²) in [6, 6.07) is 12.6. The molecule has 0 saturated heterocycles. The number of aryl methyl sites for hydroxylation is 2. The Labute approximate surface area is 124 Å². The van der Waals surface area contributed by atoms with E-state index < -0.39 is 5.82 Å². The minimum Gasteiger partial charge on any atom is -0.326 e. The predicted molar refractivity (Wildman–Crippen MR) is 82.4 cm³/mol. The first-order valence-electron chi connectivity index (χ1n) is 6.92. The van der Waals surface area contributed by atoms with Crippen molar-refractivity contribution in [3.05, 3.63) is 65.0 Å². The molecule has 2 aromatic rings. The number of nitrogens with one attached hydrogen (secondary N) is 1. The van der Waals surface area contributed by atoms with Crippen LogP contribution in [0.3, 0.4) is 0 Å². The van der Waals surface area contributed by atoms with Gasteiger partial charge in [0.15, 0.2) is 0 Å². The van der Waals surface area contributed by atoms with Crippen LogP contribution in [0.15, 0.2) is 42.5 Å². The van der Waals surface area contributed by atoms with Gasteiger partial charge in [0, 0.05) is 13.0 Å². The third kappa shape index (κ3) is 4.39. The van der Waals surface area contributed by atoms with Gasteiger partial charge in [0.2, 0.25) is 5.91 Å². The van der Waals surface area contributed by atoms with Crippen LogP contribution in [-0.4, -0.2) is 5.91 Å². The van der Waals surface area contributed by atoms with E-state index in [1.807, 2.05) is 31.2 Å². The van der Waals surface area contributed by atoms with E-state index in [0.717, 1.165) is 11.1 Å². The van der Waals surface area contributed by atoms with Crippen molar-refractivity contribution in [1.29, 1.82) is 0 Å². The first kappa shape index (κ1) is 15.2. The smallest absolute Gasteiger partial charge is 0.224 e. The second-order valence-electron chi connectivity index (χ2n) is 5.06. The molecule has 4 heteroatoms. The van der Waals surface area contributed by atoms with Crippen LogP contribution in [0.1, 0.15) is 23.1 Å². The molecule has 3 N–H and O–H groups in total. The molecule has 0 aliphatic heterocycles. The van der Waals surface area contributed by atoms with Gasteiger partial charge in [-0.25, -0.2) is 4.39 Å². The van der Waals surface area contributed by atoms with Crippen molar-refractivity contribution in [3.8, 4) is 0 Å². The number of carbonyl (C=O) groups excluding carboxylic acids is 1. The lowest BCUT2D eigenvalue weighted by Crippen LogP contribution is -2.13. The van der Waals surface area contributed by atoms with Crippen LogP contribution >= 0.6 is 0 Å². The number of halogens is 1. The Bertz CT molecular complexity index is 640. The fourth-order valence-electron chi connectivity index (χ4n) is 2.13. The maximum Gasteiger partial charge on any atom is 0.224 e. The molecule has 21 heavy (non-hydrogen) atoms. The number of nitrogens with two attached hydrogens (primary N) is 1. The highest BCUT2D eigenvalue weighted by Crippen LogP contribution is 2.16. The van der Waals surface area contributed by atoms with E-state index in [9.17, 15) is 9.18 Å². The van der Waals surface area contributed by atoms with Gasteiger partial charge >= 0.3 is 0 Å². The second-order valence-corrected chi connectivity index (χ2v) is 5.06. The molecule has 0 atom stereocenters. The normalized spacial score (nSPS) is 10.4. The molecule has 110 valence electrons.